The molecule has 1 N–H and O–H groups in total. The minimum Gasteiger partial charge on any atom is -0.484 e. The third kappa shape index (κ3) is 4.58. The Kier molecular flexibility index (Phi) is 5.99. The second-order valence-corrected chi connectivity index (χ2v) is 6.03. The molecule has 1 amide bonds. The molecular weight excluding hydrogens is 278 g/mol. The van der Waals surface area contributed by atoms with Crippen LogP contribution in [-0.2, 0) is 4.79 Å². The van der Waals surface area contributed by atoms with Gasteiger partial charge >= 0.3 is 0 Å². The number of amides is 1. The fraction of sp³-hybridized carbons (Fsp3) is 0.556. The molecule has 1 aromatic rings. The first-order chi connectivity index (χ1) is 10.6. The van der Waals surface area contributed by atoms with Gasteiger partial charge in [0.2, 0.25) is 0 Å². The number of carbonyl (C=O) groups is 2. The molecule has 0 aromatic heterocycles. The van der Waals surface area contributed by atoms with Gasteiger partial charge in [0.25, 0.3) is 5.91 Å². The first kappa shape index (κ1) is 16.5. The summed E-state index contributed by atoms with van der Waals surface area (Å²) in [6.45, 7) is 4.04. The van der Waals surface area contributed by atoms with Crippen LogP contribution < -0.4 is 10.1 Å². The number of hydrogen-bond donors (Lipinski definition) is 1. The predicted molar refractivity (Wildman–Crippen MR) is 86.1 cm³/mol. The quantitative estimate of drug-likeness (QED) is 0.820. The van der Waals surface area contributed by atoms with Crippen LogP contribution in [0.5, 0.6) is 5.75 Å². The molecule has 1 saturated carbocycles. The van der Waals surface area contributed by atoms with E-state index in [0.717, 1.165) is 6.42 Å². The van der Waals surface area contributed by atoms with Crippen LogP contribution in [0.1, 0.15) is 56.3 Å². The topological polar surface area (TPSA) is 55.4 Å². The molecule has 1 aliphatic rings. The van der Waals surface area contributed by atoms with Crippen molar-refractivity contribution in [3.05, 3.63) is 29.8 Å². The van der Waals surface area contributed by atoms with Gasteiger partial charge in [0.15, 0.2) is 12.4 Å². The molecule has 0 heterocycles. The summed E-state index contributed by atoms with van der Waals surface area (Å²) in [7, 11) is 0. The van der Waals surface area contributed by atoms with Crippen LogP contribution in [-0.4, -0.2) is 24.3 Å². The zero-order valence-electron chi connectivity index (χ0n) is 13.4. The van der Waals surface area contributed by atoms with Gasteiger partial charge in [0.05, 0.1) is 0 Å². The van der Waals surface area contributed by atoms with Gasteiger partial charge in [-0.1, -0.05) is 26.7 Å². The molecule has 0 radical (unpaired) electrons. The number of benzene rings is 1. The van der Waals surface area contributed by atoms with Gasteiger partial charge in [-0.15, -0.1) is 0 Å². The number of hydrogen-bond acceptors (Lipinski definition) is 3. The molecule has 120 valence electrons. The minimum absolute atomic E-state index is 0.0181. The van der Waals surface area contributed by atoms with E-state index in [4.69, 9.17) is 4.74 Å². The number of carbonyl (C=O) groups excluding carboxylic acids is 2. The molecule has 22 heavy (non-hydrogen) atoms. The first-order valence-corrected chi connectivity index (χ1v) is 8.15. The normalized spacial score (nSPS) is 21.2. The second kappa shape index (κ2) is 7.97. The number of nitrogens with one attached hydrogen (secondary N) is 1. The molecular formula is C18H25NO3. The molecule has 4 nitrogen and oxygen atoms in total. The molecule has 0 bridgehead atoms. The van der Waals surface area contributed by atoms with E-state index in [1.54, 1.807) is 24.3 Å². The van der Waals surface area contributed by atoms with E-state index >= 15 is 0 Å². The number of Topliss-reactive ketones (excluding diaryl/α,β-unsaturated/α-hetero) is 1. The number of ether oxygens (including phenoxy) is 1. The summed E-state index contributed by atoms with van der Waals surface area (Å²) in [5, 5.41) is 3.06. The maximum atomic E-state index is 12.0. The summed E-state index contributed by atoms with van der Waals surface area (Å²) in [5.74, 6) is 1.18. The standard InChI is InChI=1S/C18H25NO3/c1-3-17(20)14-8-10-15(11-9-14)22-12-18(21)19-16-7-5-4-6-13(16)2/h8-11,13,16H,3-7,12H2,1-2H3,(H,19,21). The van der Waals surface area contributed by atoms with Crippen molar-refractivity contribution in [1.82, 2.24) is 5.32 Å². The van der Waals surface area contributed by atoms with E-state index < -0.39 is 0 Å². The van der Waals surface area contributed by atoms with E-state index in [1.165, 1.54) is 19.3 Å². The van der Waals surface area contributed by atoms with Crippen molar-refractivity contribution in [2.24, 2.45) is 5.92 Å². The molecule has 0 aliphatic heterocycles. The lowest BCUT2D eigenvalue weighted by Gasteiger charge is -2.29. The molecule has 0 saturated heterocycles. The fourth-order valence-corrected chi connectivity index (χ4v) is 2.87. The highest BCUT2D eigenvalue weighted by Crippen LogP contribution is 2.23. The van der Waals surface area contributed by atoms with Crippen LogP contribution in [0.15, 0.2) is 24.3 Å². The molecule has 0 spiro atoms. The lowest BCUT2D eigenvalue weighted by atomic mass is 9.86. The Hall–Kier alpha value is -1.84. The Morgan fingerprint density at radius 3 is 2.50 bits per heavy atom. The highest BCUT2D eigenvalue weighted by molar-refractivity contribution is 5.95. The smallest absolute Gasteiger partial charge is 0.258 e. The van der Waals surface area contributed by atoms with Crippen LogP contribution >= 0.6 is 0 Å². The summed E-state index contributed by atoms with van der Waals surface area (Å²) < 4.78 is 5.49. The molecule has 2 rings (SSSR count). The minimum atomic E-state index is -0.0764. The zero-order valence-corrected chi connectivity index (χ0v) is 13.4. The second-order valence-electron chi connectivity index (χ2n) is 6.03. The lowest BCUT2D eigenvalue weighted by Crippen LogP contribution is -2.43. The first-order valence-electron chi connectivity index (χ1n) is 8.15. The summed E-state index contributed by atoms with van der Waals surface area (Å²) >= 11 is 0. The summed E-state index contributed by atoms with van der Waals surface area (Å²) in [6.07, 6.45) is 5.16. The van der Waals surface area contributed by atoms with E-state index in [0.29, 0.717) is 23.7 Å². The van der Waals surface area contributed by atoms with Gasteiger partial charge in [-0.2, -0.15) is 0 Å². The van der Waals surface area contributed by atoms with Crippen molar-refractivity contribution >= 4 is 11.7 Å². The lowest BCUT2D eigenvalue weighted by molar-refractivity contribution is -0.124. The number of rotatable bonds is 6. The van der Waals surface area contributed by atoms with Crippen LogP contribution in [0.2, 0.25) is 0 Å². The Morgan fingerprint density at radius 2 is 1.86 bits per heavy atom. The van der Waals surface area contributed by atoms with E-state index in [2.05, 4.69) is 12.2 Å². The Labute approximate surface area is 132 Å². The Morgan fingerprint density at radius 1 is 1.18 bits per heavy atom. The number of ketones is 1. The van der Waals surface area contributed by atoms with Crippen LogP contribution in [0.4, 0.5) is 0 Å². The third-order valence-electron chi connectivity index (χ3n) is 4.33. The van der Waals surface area contributed by atoms with Gasteiger partial charge in [-0.05, 0) is 43.0 Å². The van der Waals surface area contributed by atoms with Crippen molar-refractivity contribution in [3.63, 3.8) is 0 Å². The molecule has 1 aromatic carbocycles. The van der Waals surface area contributed by atoms with E-state index in [9.17, 15) is 9.59 Å². The fourth-order valence-electron chi connectivity index (χ4n) is 2.87. The van der Waals surface area contributed by atoms with Crippen molar-refractivity contribution in [2.75, 3.05) is 6.61 Å². The Bertz CT molecular complexity index is 510. The average molecular weight is 303 g/mol. The van der Waals surface area contributed by atoms with Gasteiger partial charge in [-0.25, -0.2) is 0 Å². The van der Waals surface area contributed by atoms with E-state index in [-0.39, 0.29) is 24.3 Å². The summed E-state index contributed by atoms with van der Waals surface area (Å²) in [4.78, 5) is 23.5. The van der Waals surface area contributed by atoms with Crippen LogP contribution in [0, 0.1) is 5.92 Å². The summed E-state index contributed by atoms with van der Waals surface area (Å²) in [6, 6.07) is 7.22. The maximum Gasteiger partial charge on any atom is 0.258 e. The van der Waals surface area contributed by atoms with Gasteiger partial charge < -0.3 is 10.1 Å². The van der Waals surface area contributed by atoms with Crippen molar-refractivity contribution in [1.29, 1.82) is 0 Å². The van der Waals surface area contributed by atoms with Gasteiger partial charge in [0.1, 0.15) is 5.75 Å². The SMILES string of the molecule is CCC(=O)c1ccc(OCC(=O)NC2CCCCC2C)cc1. The molecule has 2 atom stereocenters. The van der Waals surface area contributed by atoms with Crippen molar-refractivity contribution < 1.29 is 14.3 Å². The van der Waals surface area contributed by atoms with Crippen molar-refractivity contribution in [3.8, 4) is 5.75 Å². The van der Waals surface area contributed by atoms with Crippen LogP contribution in [0.3, 0.4) is 0 Å². The largest absolute Gasteiger partial charge is 0.484 e. The molecule has 1 aliphatic carbocycles. The van der Waals surface area contributed by atoms with E-state index in [1.807, 2.05) is 6.92 Å². The molecule has 1 fully saturated rings. The predicted octanol–water partition coefficient (Wildman–Crippen LogP) is 3.35. The van der Waals surface area contributed by atoms with Crippen molar-refractivity contribution in [2.45, 2.75) is 52.0 Å². The maximum absolute atomic E-state index is 12.0. The Balaban J connectivity index is 1.79. The highest BCUT2D eigenvalue weighted by atomic mass is 16.5. The highest BCUT2D eigenvalue weighted by Gasteiger charge is 2.22. The third-order valence-corrected chi connectivity index (χ3v) is 4.33. The van der Waals surface area contributed by atoms with Gasteiger partial charge in [0, 0.05) is 18.0 Å². The summed E-state index contributed by atoms with van der Waals surface area (Å²) in [5.41, 5.74) is 0.676. The van der Waals surface area contributed by atoms with Crippen LogP contribution in [0.25, 0.3) is 0 Å². The zero-order chi connectivity index (χ0) is 15.9. The average Bonchev–Trinajstić information content (AvgIpc) is 2.55. The monoisotopic (exact) mass is 303 g/mol. The van der Waals surface area contributed by atoms with Gasteiger partial charge in [-0.3, -0.25) is 9.59 Å². The molecule has 2 unspecified atom stereocenters. The molecule has 4 heteroatoms.